The normalized spacial score (nSPS) is 23.1. The minimum atomic E-state index is -1.25. The van der Waals surface area contributed by atoms with Crippen molar-refractivity contribution in [2.75, 3.05) is 6.54 Å². The van der Waals surface area contributed by atoms with E-state index in [-0.39, 0.29) is 11.6 Å². The van der Waals surface area contributed by atoms with Gasteiger partial charge in [0.25, 0.3) is 0 Å². The maximum Gasteiger partial charge on any atom is 0.129 e. The molecular formula is C13H17F2N. The van der Waals surface area contributed by atoms with E-state index in [2.05, 4.69) is 5.32 Å². The Kier molecular flexibility index (Phi) is 3.54. The minimum absolute atomic E-state index is 0.109. The number of nitrogens with one attached hydrogen (secondary N) is 1. The van der Waals surface area contributed by atoms with Crippen LogP contribution < -0.4 is 5.32 Å². The summed E-state index contributed by atoms with van der Waals surface area (Å²) in [6.07, 6.45) is 1.98. The van der Waals surface area contributed by atoms with Crippen LogP contribution in [-0.2, 0) is 0 Å². The van der Waals surface area contributed by atoms with Crippen LogP contribution in [0.4, 0.5) is 8.78 Å². The molecule has 1 heterocycles. The van der Waals surface area contributed by atoms with Crippen LogP contribution in [0.1, 0.15) is 49.5 Å². The molecule has 2 atom stereocenters. The second-order valence-electron chi connectivity index (χ2n) is 4.36. The van der Waals surface area contributed by atoms with E-state index in [0.29, 0.717) is 0 Å². The summed E-state index contributed by atoms with van der Waals surface area (Å²) < 4.78 is 27.0. The fourth-order valence-electron chi connectivity index (χ4n) is 2.39. The first-order valence-corrected chi connectivity index (χ1v) is 5.86. The molecule has 1 aliphatic heterocycles. The molecule has 1 saturated heterocycles. The van der Waals surface area contributed by atoms with E-state index in [1.54, 1.807) is 6.07 Å². The highest BCUT2D eigenvalue weighted by molar-refractivity contribution is 5.33. The van der Waals surface area contributed by atoms with Crippen molar-refractivity contribution < 1.29 is 8.78 Å². The van der Waals surface area contributed by atoms with E-state index in [1.165, 1.54) is 13.0 Å². The predicted octanol–water partition coefficient (Wildman–Crippen LogP) is 3.67. The first-order chi connectivity index (χ1) is 7.70. The predicted molar refractivity (Wildman–Crippen MR) is 60.5 cm³/mol. The number of alkyl halides is 1. The van der Waals surface area contributed by atoms with Gasteiger partial charge in [0.15, 0.2) is 0 Å². The standard InChI is InChI=1S/C13H17F2N/c1-9(14)13-10(5-4-6-11(13)15)12-7-2-3-8-16-12/h4-6,9,12,16H,2-3,7-8H2,1H3. The molecule has 0 radical (unpaired) electrons. The Hall–Kier alpha value is -0.960. The number of rotatable bonds is 2. The van der Waals surface area contributed by atoms with E-state index in [4.69, 9.17) is 0 Å². The number of halogens is 2. The van der Waals surface area contributed by atoms with Crippen LogP contribution in [0.2, 0.25) is 0 Å². The van der Waals surface area contributed by atoms with Crippen molar-refractivity contribution in [2.45, 2.75) is 38.4 Å². The zero-order valence-electron chi connectivity index (χ0n) is 9.47. The quantitative estimate of drug-likeness (QED) is 0.809. The topological polar surface area (TPSA) is 12.0 Å². The molecule has 16 heavy (non-hydrogen) atoms. The first kappa shape index (κ1) is 11.5. The molecule has 2 unspecified atom stereocenters. The van der Waals surface area contributed by atoms with Gasteiger partial charge in [-0.05, 0) is 37.9 Å². The highest BCUT2D eigenvalue weighted by atomic mass is 19.1. The van der Waals surface area contributed by atoms with Gasteiger partial charge >= 0.3 is 0 Å². The van der Waals surface area contributed by atoms with Crippen molar-refractivity contribution in [3.05, 3.63) is 35.1 Å². The Morgan fingerprint density at radius 3 is 2.81 bits per heavy atom. The van der Waals surface area contributed by atoms with Gasteiger partial charge in [-0.2, -0.15) is 0 Å². The summed E-state index contributed by atoms with van der Waals surface area (Å²) in [4.78, 5) is 0. The second kappa shape index (κ2) is 4.91. The molecule has 1 aliphatic rings. The van der Waals surface area contributed by atoms with Gasteiger partial charge in [0, 0.05) is 11.6 Å². The molecule has 0 saturated carbocycles. The fourth-order valence-corrected chi connectivity index (χ4v) is 2.39. The summed E-state index contributed by atoms with van der Waals surface area (Å²) in [6, 6.07) is 4.93. The third-order valence-corrected chi connectivity index (χ3v) is 3.17. The van der Waals surface area contributed by atoms with Crippen molar-refractivity contribution in [2.24, 2.45) is 0 Å². The Morgan fingerprint density at radius 1 is 1.38 bits per heavy atom. The van der Waals surface area contributed by atoms with E-state index < -0.39 is 12.0 Å². The van der Waals surface area contributed by atoms with Gasteiger partial charge in [0.1, 0.15) is 12.0 Å². The van der Waals surface area contributed by atoms with Crippen LogP contribution in [0, 0.1) is 5.82 Å². The van der Waals surface area contributed by atoms with Crippen molar-refractivity contribution in [3.63, 3.8) is 0 Å². The monoisotopic (exact) mass is 225 g/mol. The van der Waals surface area contributed by atoms with Gasteiger partial charge in [-0.3, -0.25) is 0 Å². The summed E-state index contributed by atoms with van der Waals surface area (Å²) in [5.74, 6) is -0.431. The SMILES string of the molecule is CC(F)c1c(F)cccc1C1CCCCN1. The summed E-state index contributed by atoms with van der Waals surface area (Å²) in [5, 5.41) is 3.32. The minimum Gasteiger partial charge on any atom is -0.310 e. The van der Waals surface area contributed by atoms with Crippen molar-refractivity contribution in [3.8, 4) is 0 Å². The lowest BCUT2D eigenvalue weighted by Crippen LogP contribution is -2.28. The Labute approximate surface area is 94.9 Å². The van der Waals surface area contributed by atoms with Crippen LogP contribution >= 0.6 is 0 Å². The highest BCUT2D eigenvalue weighted by Gasteiger charge is 2.22. The van der Waals surface area contributed by atoms with Gasteiger partial charge in [0.05, 0.1) is 0 Å². The maximum absolute atomic E-state index is 13.6. The first-order valence-electron chi connectivity index (χ1n) is 5.86. The van der Waals surface area contributed by atoms with Gasteiger partial charge in [0.2, 0.25) is 0 Å². The molecule has 0 aromatic heterocycles. The molecule has 0 bridgehead atoms. The largest absolute Gasteiger partial charge is 0.310 e. The van der Waals surface area contributed by atoms with Crippen LogP contribution in [0.15, 0.2) is 18.2 Å². The average Bonchev–Trinajstić information content (AvgIpc) is 2.29. The molecule has 3 heteroatoms. The smallest absolute Gasteiger partial charge is 0.129 e. The average molecular weight is 225 g/mol. The highest BCUT2D eigenvalue weighted by Crippen LogP contribution is 2.32. The lowest BCUT2D eigenvalue weighted by Gasteiger charge is -2.26. The van der Waals surface area contributed by atoms with E-state index in [9.17, 15) is 8.78 Å². The molecule has 0 amide bonds. The van der Waals surface area contributed by atoms with Crippen LogP contribution in [0.5, 0.6) is 0 Å². The molecule has 1 nitrogen and oxygen atoms in total. The Balaban J connectivity index is 2.34. The van der Waals surface area contributed by atoms with Crippen LogP contribution in [0.3, 0.4) is 0 Å². The zero-order valence-corrected chi connectivity index (χ0v) is 9.47. The van der Waals surface area contributed by atoms with Gasteiger partial charge in [-0.1, -0.05) is 18.6 Å². The molecule has 1 N–H and O–H groups in total. The molecule has 2 rings (SSSR count). The summed E-state index contributed by atoms with van der Waals surface area (Å²) in [7, 11) is 0. The van der Waals surface area contributed by atoms with Crippen molar-refractivity contribution >= 4 is 0 Å². The molecule has 88 valence electrons. The van der Waals surface area contributed by atoms with Gasteiger partial charge in [-0.25, -0.2) is 8.78 Å². The van der Waals surface area contributed by atoms with Crippen molar-refractivity contribution in [1.29, 1.82) is 0 Å². The third kappa shape index (κ3) is 2.24. The lowest BCUT2D eigenvalue weighted by atomic mass is 9.92. The Morgan fingerprint density at radius 2 is 2.19 bits per heavy atom. The number of hydrogen-bond acceptors (Lipinski definition) is 1. The lowest BCUT2D eigenvalue weighted by molar-refractivity contribution is 0.346. The summed E-state index contributed by atoms with van der Waals surface area (Å²) in [5.41, 5.74) is 1.01. The molecule has 1 aromatic carbocycles. The fraction of sp³-hybridized carbons (Fsp3) is 0.538. The van der Waals surface area contributed by atoms with E-state index >= 15 is 0 Å². The number of piperidine rings is 1. The molecule has 0 aliphatic carbocycles. The van der Waals surface area contributed by atoms with Crippen molar-refractivity contribution in [1.82, 2.24) is 5.32 Å². The zero-order chi connectivity index (χ0) is 11.5. The van der Waals surface area contributed by atoms with Gasteiger partial charge in [-0.15, -0.1) is 0 Å². The summed E-state index contributed by atoms with van der Waals surface area (Å²) >= 11 is 0. The van der Waals surface area contributed by atoms with E-state index in [1.807, 2.05) is 6.07 Å². The molecule has 1 fully saturated rings. The third-order valence-electron chi connectivity index (χ3n) is 3.17. The van der Waals surface area contributed by atoms with Crippen LogP contribution in [-0.4, -0.2) is 6.54 Å². The summed E-state index contributed by atoms with van der Waals surface area (Å²) in [6.45, 7) is 2.33. The number of benzene rings is 1. The van der Waals surface area contributed by atoms with Crippen LogP contribution in [0.25, 0.3) is 0 Å². The molecule has 1 aromatic rings. The maximum atomic E-state index is 13.6. The number of hydrogen-bond donors (Lipinski definition) is 1. The van der Waals surface area contributed by atoms with E-state index in [0.717, 1.165) is 31.4 Å². The molecule has 0 spiro atoms. The van der Waals surface area contributed by atoms with Gasteiger partial charge < -0.3 is 5.32 Å². The second-order valence-corrected chi connectivity index (χ2v) is 4.36. The Bertz CT molecular complexity index is 357. The molecular weight excluding hydrogens is 208 g/mol.